The number of amides is 2. The van der Waals surface area contributed by atoms with Gasteiger partial charge in [-0.25, -0.2) is 4.90 Å². The maximum absolute atomic E-state index is 14.0. The minimum atomic E-state index is -0.769. The van der Waals surface area contributed by atoms with Gasteiger partial charge in [-0.3, -0.25) is 19.2 Å². The Kier molecular flexibility index (Phi) is 6.58. The lowest BCUT2D eigenvalue weighted by atomic mass is 9.59. The third-order valence-corrected chi connectivity index (χ3v) is 9.38. The van der Waals surface area contributed by atoms with Crippen LogP contribution in [0.1, 0.15) is 36.8 Å². The van der Waals surface area contributed by atoms with Gasteiger partial charge in [-0.2, -0.15) is 0 Å². The molecule has 2 aromatic rings. The van der Waals surface area contributed by atoms with Crippen molar-refractivity contribution < 1.29 is 29.0 Å². The lowest BCUT2D eigenvalue weighted by Gasteiger charge is -2.42. The molecular formula is C31H25BrClNO6. The number of rotatable bonds is 4. The third kappa shape index (κ3) is 3.91. The smallest absolute Gasteiger partial charge is 0.238 e. The normalized spacial score (nSPS) is 25.9. The van der Waals surface area contributed by atoms with Crippen LogP contribution in [-0.2, 0) is 19.2 Å². The molecule has 204 valence electrons. The Labute approximate surface area is 244 Å². The number of hydrogen-bond acceptors (Lipinski definition) is 6. The van der Waals surface area contributed by atoms with Crippen molar-refractivity contribution in [3.05, 3.63) is 85.9 Å². The van der Waals surface area contributed by atoms with E-state index in [1.807, 2.05) is 13.0 Å². The van der Waals surface area contributed by atoms with E-state index in [9.17, 15) is 24.3 Å². The van der Waals surface area contributed by atoms with Crippen molar-refractivity contribution in [1.82, 2.24) is 0 Å². The largest absolute Gasteiger partial charge is 0.504 e. The zero-order valence-corrected chi connectivity index (χ0v) is 24.1. The van der Waals surface area contributed by atoms with E-state index >= 15 is 0 Å². The summed E-state index contributed by atoms with van der Waals surface area (Å²) in [7, 11) is 0. The van der Waals surface area contributed by atoms with Crippen molar-refractivity contribution in [2.24, 2.45) is 17.8 Å². The predicted octanol–water partition coefficient (Wildman–Crippen LogP) is 5.72. The molecule has 1 saturated heterocycles. The first-order valence-corrected chi connectivity index (χ1v) is 14.3. The van der Waals surface area contributed by atoms with Crippen LogP contribution in [-0.4, -0.2) is 35.1 Å². The fourth-order valence-electron chi connectivity index (χ4n) is 6.58. The number of halogens is 2. The number of hydrogen-bond donors (Lipinski definition) is 1. The van der Waals surface area contributed by atoms with Gasteiger partial charge >= 0.3 is 0 Å². The molecule has 2 amide bonds. The second-order valence-electron chi connectivity index (χ2n) is 10.5. The van der Waals surface area contributed by atoms with Gasteiger partial charge < -0.3 is 9.84 Å². The van der Waals surface area contributed by atoms with E-state index in [0.717, 1.165) is 11.1 Å². The SMILES string of the molecule is CCOc1cccc(C2C3=CCC4C(=O)N(c5ccc(C)c(Cl)c5)C(=O)C4C3CC3=C2C(=O)C=C(Br)C3=O)c1O. The summed E-state index contributed by atoms with van der Waals surface area (Å²) in [6.45, 7) is 3.97. The van der Waals surface area contributed by atoms with Crippen molar-refractivity contribution in [3.63, 3.8) is 0 Å². The number of ketones is 2. The van der Waals surface area contributed by atoms with Crippen LogP contribution in [0.3, 0.4) is 0 Å². The average Bonchev–Trinajstić information content (AvgIpc) is 3.19. The summed E-state index contributed by atoms with van der Waals surface area (Å²) in [5.41, 5.74) is 2.99. The van der Waals surface area contributed by atoms with E-state index in [-0.39, 0.29) is 51.4 Å². The molecule has 0 aromatic heterocycles. The van der Waals surface area contributed by atoms with E-state index < -0.39 is 23.7 Å². The number of phenolic OH excluding ortho intramolecular Hbond substituents is 1. The van der Waals surface area contributed by atoms with Gasteiger partial charge in [-0.15, -0.1) is 0 Å². The highest BCUT2D eigenvalue weighted by atomic mass is 79.9. The van der Waals surface area contributed by atoms with Crippen LogP contribution in [0.25, 0.3) is 0 Å². The number of benzene rings is 2. The first-order chi connectivity index (χ1) is 19.1. The van der Waals surface area contributed by atoms with Crippen LogP contribution in [0, 0.1) is 24.7 Å². The van der Waals surface area contributed by atoms with Crippen molar-refractivity contribution >= 4 is 56.6 Å². The number of imide groups is 1. The average molecular weight is 623 g/mol. The highest BCUT2D eigenvalue weighted by Crippen LogP contribution is 2.57. The van der Waals surface area contributed by atoms with Crippen molar-refractivity contribution in [2.45, 2.75) is 32.6 Å². The summed E-state index contributed by atoms with van der Waals surface area (Å²) in [5, 5.41) is 11.7. The number of carbonyl (C=O) groups excluding carboxylic acids is 4. The molecule has 1 N–H and O–H groups in total. The number of allylic oxidation sites excluding steroid dienone is 6. The van der Waals surface area contributed by atoms with Gasteiger partial charge in [0.05, 0.1) is 28.6 Å². The molecule has 1 fully saturated rings. The van der Waals surface area contributed by atoms with Gasteiger partial charge in [0.1, 0.15) is 0 Å². The number of anilines is 1. The molecule has 4 atom stereocenters. The minimum absolute atomic E-state index is 0.122. The Morgan fingerprint density at radius 2 is 1.88 bits per heavy atom. The molecule has 7 nitrogen and oxygen atoms in total. The summed E-state index contributed by atoms with van der Waals surface area (Å²) in [5.74, 6) is -3.82. The molecule has 4 aliphatic rings. The second kappa shape index (κ2) is 9.85. The maximum Gasteiger partial charge on any atom is 0.238 e. The number of ether oxygens (including phenoxy) is 1. The first-order valence-electron chi connectivity index (χ1n) is 13.1. The maximum atomic E-state index is 14.0. The minimum Gasteiger partial charge on any atom is -0.504 e. The van der Waals surface area contributed by atoms with E-state index in [1.165, 1.54) is 11.0 Å². The number of Topliss-reactive ketones (excluding diaryl/α,β-unsaturated/α-hetero) is 1. The van der Waals surface area contributed by atoms with Gasteiger partial charge in [0.15, 0.2) is 23.1 Å². The standard InChI is InChI=1S/C31H25BrClNO6/c1-3-40-24-6-4-5-17(29(24)37)25-16-9-10-18-26(19(16)12-20-27(25)23(35)13-21(32)28(20)36)31(39)34(30(18)38)15-8-7-14(2)22(33)11-15/h4-9,11,13,18-19,25-26,37H,3,10,12H2,1-2H3. The number of nitrogens with zero attached hydrogens (tertiary/aromatic N) is 1. The lowest BCUT2D eigenvalue weighted by molar-refractivity contribution is -0.123. The Balaban J connectivity index is 1.50. The monoisotopic (exact) mass is 621 g/mol. The van der Waals surface area contributed by atoms with Crippen molar-refractivity contribution in [2.75, 3.05) is 11.5 Å². The number of aryl methyl sites for hydroxylation is 1. The lowest BCUT2D eigenvalue weighted by Crippen LogP contribution is -2.39. The van der Waals surface area contributed by atoms with Gasteiger partial charge in [-0.1, -0.05) is 41.4 Å². The van der Waals surface area contributed by atoms with Gasteiger partial charge in [-0.05, 0) is 72.3 Å². The fourth-order valence-corrected chi connectivity index (χ4v) is 7.20. The highest BCUT2D eigenvalue weighted by molar-refractivity contribution is 9.12. The molecule has 1 heterocycles. The predicted molar refractivity (Wildman–Crippen MR) is 153 cm³/mol. The fraction of sp³-hybridized carbons (Fsp3) is 0.290. The number of phenols is 1. The van der Waals surface area contributed by atoms with Crippen molar-refractivity contribution in [3.8, 4) is 11.5 Å². The zero-order valence-electron chi connectivity index (χ0n) is 21.7. The summed E-state index contributed by atoms with van der Waals surface area (Å²) in [6.07, 6.45) is 3.61. The second-order valence-corrected chi connectivity index (χ2v) is 11.7. The highest BCUT2D eigenvalue weighted by Gasteiger charge is 2.57. The molecule has 0 saturated carbocycles. The molecular weight excluding hydrogens is 598 g/mol. The van der Waals surface area contributed by atoms with Crippen LogP contribution >= 0.6 is 27.5 Å². The van der Waals surface area contributed by atoms with Crippen LogP contribution in [0.5, 0.6) is 11.5 Å². The Bertz CT molecular complexity index is 1620. The molecule has 0 spiro atoms. The Morgan fingerprint density at radius 3 is 2.60 bits per heavy atom. The molecule has 0 radical (unpaired) electrons. The topological polar surface area (TPSA) is 101 Å². The van der Waals surface area contributed by atoms with E-state index in [2.05, 4.69) is 15.9 Å². The molecule has 1 aliphatic heterocycles. The first kappa shape index (κ1) is 26.7. The number of carbonyl (C=O) groups is 4. The van der Waals surface area contributed by atoms with E-state index in [0.29, 0.717) is 34.9 Å². The Hall–Kier alpha value is -3.49. The van der Waals surface area contributed by atoms with Crippen LogP contribution in [0.2, 0.25) is 5.02 Å². The zero-order chi connectivity index (χ0) is 28.5. The van der Waals surface area contributed by atoms with E-state index in [1.54, 1.807) is 43.3 Å². The van der Waals surface area contributed by atoms with Gasteiger partial charge in [0.2, 0.25) is 11.8 Å². The summed E-state index contributed by atoms with van der Waals surface area (Å²) in [6, 6.07) is 10.2. The van der Waals surface area contributed by atoms with Crippen molar-refractivity contribution in [1.29, 1.82) is 0 Å². The molecule has 2 aromatic carbocycles. The summed E-state index contributed by atoms with van der Waals surface area (Å²) >= 11 is 9.56. The Morgan fingerprint density at radius 1 is 1.10 bits per heavy atom. The number of aromatic hydroxyl groups is 1. The van der Waals surface area contributed by atoms with Crippen LogP contribution in [0.15, 0.2) is 69.8 Å². The molecule has 4 unspecified atom stereocenters. The molecule has 0 bridgehead atoms. The number of para-hydroxylation sites is 1. The molecule has 6 rings (SSSR count). The third-order valence-electron chi connectivity index (χ3n) is 8.39. The van der Waals surface area contributed by atoms with Crippen LogP contribution < -0.4 is 9.64 Å². The molecule has 40 heavy (non-hydrogen) atoms. The molecule has 3 aliphatic carbocycles. The van der Waals surface area contributed by atoms with Gasteiger partial charge in [0.25, 0.3) is 0 Å². The van der Waals surface area contributed by atoms with Gasteiger partial charge in [0, 0.05) is 33.7 Å². The van der Waals surface area contributed by atoms with Crippen LogP contribution in [0.4, 0.5) is 5.69 Å². The van der Waals surface area contributed by atoms with E-state index in [4.69, 9.17) is 16.3 Å². The quantitative estimate of drug-likeness (QED) is 0.266. The summed E-state index contributed by atoms with van der Waals surface area (Å²) in [4.78, 5) is 55.6. The summed E-state index contributed by atoms with van der Waals surface area (Å²) < 4.78 is 5.76. The number of fused-ring (bicyclic) bond motifs is 3. The molecule has 9 heteroatoms.